The van der Waals surface area contributed by atoms with Crippen molar-refractivity contribution in [3.63, 3.8) is 0 Å². The summed E-state index contributed by atoms with van der Waals surface area (Å²) >= 11 is 1.05. The third-order valence-electron chi connectivity index (χ3n) is 5.21. The van der Waals surface area contributed by atoms with Gasteiger partial charge < -0.3 is 10.6 Å². The molecule has 1 aliphatic heterocycles. The van der Waals surface area contributed by atoms with Gasteiger partial charge in [-0.3, -0.25) is 14.5 Å². The molecule has 2 aromatic carbocycles. The average molecular weight is 423 g/mol. The Morgan fingerprint density at radius 1 is 1.17 bits per heavy atom. The maximum atomic E-state index is 13.0. The summed E-state index contributed by atoms with van der Waals surface area (Å²) in [5.41, 5.74) is 2.39. The Labute approximate surface area is 177 Å². The van der Waals surface area contributed by atoms with Gasteiger partial charge in [0.25, 0.3) is 5.91 Å². The van der Waals surface area contributed by atoms with Crippen molar-refractivity contribution in [2.45, 2.75) is 32.2 Å². The van der Waals surface area contributed by atoms with Crippen LogP contribution in [0.15, 0.2) is 42.5 Å². The summed E-state index contributed by atoms with van der Waals surface area (Å²) in [6, 6.07) is 12.3. The molecule has 1 aromatic heterocycles. The molecule has 1 fully saturated rings. The molecule has 2 N–H and O–H groups in total. The van der Waals surface area contributed by atoms with Crippen LogP contribution in [0.1, 0.15) is 31.4 Å². The van der Waals surface area contributed by atoms with Gasteiger partial charge in [-0.1, -0.05) is 43.7 Å². The van der Waals surface area contributed by atoms with Gasteiger partial charge in [-0.15, -0.1) is 0 Å². The molecular formula is C21H21N5O3S. The second kappa shape index (κ2) is 7.83. The van der Waals surface area contributed by atoms with Gasteiger partial charge in [0, 0.05) is 0 Å². The van der Waals surface area contributed by atoms with E-state index >= 15 is 0 Å². The van der Waals surface area contributed by atoms with Crippen molar-refractivity contribution in [3.05, 3.63) is 53.6 Å². The predicted octanol–water partition coefficient (Wildman–Crippen LogP) is 3.05. The maximum absolute atomic E-state index is 13.0. The smallest absolute Gasteiger partial charge is 0.323 e. The lowest BCUT2D eigenvalue weighted by Crippen LogP contribution is -2.42. The van der Waals surface area contributed by atoms with Crippen LogP contribution in [0.2, 0.25) is 0 Å². The highest BCUT2D eigenvalue weighted by molar-refractivity contribution is 7.00. The zero-order valence-electron chi connectivity index (χ0n) is 16.6. The lowest BCUT2D eigenvalue weighted by Gasteiger charge is -2.22. The van der Waals surface area contributed by atoms with Crippen molar-refractivity contribution in [2.24, 2.45) is 0 Å². The van der Waals surface area contributed by atoms with Gasteiger partial charge in [-0.2, -0.15) is 8.75 Å². The zero-order valence-corrected chi connectivity index (χ0v) is 17.5. The van der Waals surface area contributed by atoms with Crippen LogP contribution in [0, 0.1) is 0 Å². The van der Waals surface area contributed by atoms with Crippen LogP contribution in [0.25, 0.3) is 11.0 Å². The first-order valence-electron chi connectivity index (χ1n) is 9.67. The van der Waals surface area contributed by atoms with Gasteiger partial charge >= 0.3 is 6.03 Å². The van der Waals surface area contributed by atoms with E-state index < -0.39 is 23.4 Å². The van der Waals surface area contributed by atoms with E-state index in [9.17, 15) is 14.4 Å². The number of fused-ring (bicyclic) bond motifs is 1. The first kappa shape index (κ1) is 20.0. The highest BCUT2D eigenvalue weighted by atomic mass is 32.1. The second-order valence-corrected chi connectivity index (χ2v) is 7.91. The summed E-state index contributed by atoms with van der Waals surface area (Å²) in [6.45, 7) is 3.37. The van der Waals surface area contributed by atoms with E-state index in [0.717, 1.165) is 29.5 Å². The van der Waals surface area contributed by atoms with E-state index in [4.69, 9.17) is 0 Å². The fourth-order valence-corrected chi connectivity index (χ4v) is 4.12. The maximum Gasteiger partial charge on any atom is 0.325 e. The van der Waals surface area contributed by atoms with Crippen LogP contribution >= 0.6 is 11.7 Å². The summed E-state index contributed by atoms with van der Waals surface area (Å²) in [4.78, 5) is 39.0. The van der Waals surface area contributed by atoms with Gasteiger partial charge in [-0.25, -0.2) is 4.79 Å². The van der Waals surface area contributed by atoms with Gasteiger partial charge in [0.1, 0.15) is 23.1 Å². The number of aromatic nitrogens is 2. The summed E-state index contributed by atoms with van der Waals surface area (Å²) in [6.07, 6.45) is 1.98. The zero-order chi connectivity index (χ0) is 21.3. The number of imide groups is 1. The molecule has 154 valence electrons. The van der Waals surface area contributed by atoms with E-state index in [1.165, 1.54) is 5.56 Å². The minimum atomic E-state index is -1.21. The molecule has 4 amide bonds. The fraction of sp³-hybridized carbons (Fsp3) is 0.286. The van der Waals surface area contributed by atoms with Crippen LogP contribution in [-0.2, 0) is 21.5 Å². The largest absolute Gasteiger partial charge is 0.325 e. The number of carbonyl (C=O) groups is 3. The second-order valence-electron chi connectivity index (χ2n) is 7.38. The van der Waals surface area contributed by atoms with E-state index in [-0.39, 0.29) is 6.54 Å². The molecule has 8 nitrogen and oxygen atoms in total. The van der Waals surface area contributed by atoms with Crippen molar-refractivity contribution < 1.29 is 14.4 Å². The number of benzene rings is 2. The SMILES string of the molecule is CCCc1ccc(C2(C)NC(=O)N(CC(=O)Nc3cccc4nsnc34)C2=O)cc1. The molecule has 1 saturated heterocycles. The molecule has 0 aliphatic carbocycles. The Morgan fingerprint density at radius 2 is 1.93 bits per heavy atom. The van der Waals surface area contributed by atoms with Crippen molar-refractivity contribution in [1.29, 1.82) is 0 Å². The van der Waals surface area contributed by atoms with Crippen LogP contribution in [-0.4, -0.2) is 38.0 Å². The van der Waals surface area contributed by atoms with E-state index in [1.54, 1.807) is 25.1 Å². The molecule has 1 unspecified atom stereocenters. The van der Waals surface area contributed by atoms with E-state index in [2.05, 4.69) is 26.3 Å². The Hall–Kier alpha value is -3.33. The van der Waals surface area contributed by atoms with Gasteiger partial charge in [-0.05, 0) is 36.6 Å². The fourth-order valence-electron chi connectivity index (χ4n) is 3.57. The van der Waals surface area contributed by atoms with Crippen molar-refractivity contribution in [3.8, 4) is 0 Å². The molecule has 0 bridgehead atoms. The van der Waals surface area contributed by atoms with Gasteiger partial charge in [0.05, 0.1) is 17.4 Å². The molecule has 3 aromatic rings. The van der Waals surface area contributed by atoms with Crippen LogP contribution < -0.4 is 10.6 Å². The number of nitrogens with one attached hydrogen (secondary N) is 2. The number of nitrogens with zero attached hydrogens (tertiary/aromatic N) is 3. The summed E-state index contributed by atoms with van der Waals surface area (Å²) < 4.78 is 8.31. The third-order valence-corrected chi connectivity index (χ3v) is 5.75. The molecule has 9 heteroatoms. The number of hydrogen-bond acceptors (Lipinski definition) is 6. The standard InChI is InChI=1S/C21H21N5O3S/c1-3-5-13-8-10-14(11-9-13)21(2)19(28)26(20(29)23-21)12-17(27)22-15-6-4-7-16-18(15)25-30-24-16/h4,6-11H,3,5,12H2,1-2H3,(H,22,27)(H,23,29). The molecule has 1 aliphatic rings. The molecular weight excluding hydrogens is 402 g/mol. The molecule has 4 rings (SSSR count). The first-order chi connectivity index (χ1) is 14.4. The average Bonchev–Trinajstić information content (AvgIpc) is 3.29. The van der Waals surface area contributed by atoms with Crippen molar-refractivity contribution in [1.82, 2.24) is 19.0 Å². The van der Waals surface area contributed by atoms with E-state index in [1.807, 2.05) is 24.3 Å². The van der Waals surface area contributed by atoms with E-state index in [0.29, 0.717) is 22.3 Å². The number of amides is 4. The summed E-state index contributed by atoms with van der Waals surface area (Å²) in [5.74, 6) is -0.944. The van der Waals surface area contributed by atoms with Gasteiger partial charge in [0.2, 0.25) is 5.91 Å². The molecule has 2 heterocycles. The quantitative estimate of drug-likeness (QED) is 0.593. The highest BCUT2D eigenvalue weighted by Crippen LogP contribution is 2.29. The first-order valence-corrected chi connectivity index (χ1v) is 10.4. The Bertz CT molecular complexity index is 1130. The van der Waals surface area contributed by atoms with Crippen molar-refractivity contribution >= 4 is 46.3 Å². The third kappa shape index (κ3) is 3.52. The normalized spacial score (nSPS) is 18.7. The molecule has 1 atom stereocenters. The number of anilines is 1. The Balaban J connectivity index is 1.49. The summed E-state index contributed by atoms with van der Waals surface area (Å²) in [5, 5.41) is 5.45. The van der Waals surface area contributed by atoms with Crippen LogP contribution in [0.4, 0.5) is 10.5 Å². The number of aryl methyl sites for hydroxylation is 1. The predicted molar refractivity (Wildman–Crippen MR) is 114 cm³/mol. The summed E-state index contributed by atoms with van der Waals surface area (Å²) in [7, 11) is 0. The van der Waals surface area contributed by atoms with Crippen LogP contribution in [0.5, 0.6) is 0 Å². The van der Waals surface area contributed by atoms with Crippen LogP contribution in [0.3, 0.4) is 0 Å². The number of hydrogen-bond donors (Lipinski definition) is 2. The lowest BCUT2D eigenvalue weighted by atomic mass is 9.91. The minimum absolute atomic E-state index is 0.387. The Kier molecular flexibility index (Phi) is 5.21. The van der Waals surface area contributed by atoms with Crippen molar-refractivity contribution in [2.75, 3.05) is 11.9 Å². The number of rotatable bonds is 6. The minimum Gasteiger partial charge on any atom is -0.323 e. The molecule has 0 radical (unpaired) electrons. The van der Waals surface area contributed by atoms with Gasteiger partial charge in [0.15, 0.2) is 0 Å². The number of urea groups is 1. The highest BCUT2D eigenvalue weighted by Gasteiger charge is 2.49. The molecule has 0 saturated carbocycles. The number of carbonyl (C=O) groups excluding carboxylic acids is 3. The molecule has 0 spiro atoms. The monoisotopic (exact) mass is 423 g/mol. The topological polar surface area (TPSA) is 104 Å². The Morgan fingerprint density at radius 3 is 2.67 bits per heavy atom. The lowest BCUT2D eigenvalue weighted by molar-refractivity contribution is -0.133. The molecule has 30 heavy (non-hydrogen) atoms.